The van der Waals surface area contributed by atoms with Gasteiger partial charge in [0.05, 0.1) is 17.5 Å². The first kappa shape index (κ1) is 15.0. The topological polar surface area (TPSA) is 57.8 Å². The number of H-pyrrole nitrogens is 1. The van der Waals surface area contributed by atoms with Crippen molar-refractivity contribution < 1.29 is 4.79 Å². The lowest BCUT2D eigenvalue weighted by molar-refractivity contribution is 0.0951. The third-order valence-electron chi connectivity index (χ3n) is 3.83. The van der Waals surface area contributed by atoms with Crippen LogP contribution >= 0.6 is 0 Å². The van der Waals surface area contributed by atoms with Crippen molar-refractivity contribution in [3.63, 3.8) is 0 Å². The number of amides is 1. The third kappa shape index (κ3) is 3.48. The van der Waals surface area contributed by atoms with Crippen molar-refractivity contribution in [1.29, 1.82) is 0 Å². The molecule has 0 fully saturated rings. The normalized spacial score (nSPS) is 10.5. The summed E-state index contributed by atoms with van der Waals surface area (Å²) in [5.41, 5.74) is 4.62. The molecule has 3 aromatic rings. The fourth-order valence-corrected chi connectivity index (χ4v) is 2.45. The van der Waals surface area contributed by atoms with Crippen molar-refractivity contribution >= 4 is 5.91 Å². The molecule has 0 saturated heterocycles. The van der Waals surface area contributed by atoms with E-state index < -0.39 is 0 Å². The maximum absolute atomic E-state index is 12.4. The SMILES string of the molecule is CCc1ccc(CNC(=O)c2cn[nH]c2-c2ccccc2)cc1. The van der Waals surface area contributed by atoms with Crippen molar-refractivity contribution in [3.8, 4) is 11.3 Å². The van der Waals surface area contributed by atoms with E-state index in [0.29, 0.717) is 12.1 Å². The molecule has 2 N–H and O–H groups in total. The molecule has 0 aliphatic heterocycles. The molecular weight excluding hydrogens is 286 g/mol. The molecule has 23 heavy (non-hydrogen) atoms. The minimum Gasteiger partial charge on any atom is -0.348 e. The molecule has 2 aromatic carbocycles. The van der Waals surface area contributed by atoms with Gasteiger partial charge in [-0.25, -0.2) is 0 Å². The molecule has 0 spiro atoms. The van der Waals surface area contributed by atoms with Gasteiger partial charge in [-0.3, -0.25) is 9.89 Å². The Morgan fingerprint density at radius 3 is 2.43 bits per heavy atom. The maximum atomic E-state index is 12.4. The van der Waals surface area contributed by atoms with Crippen LogP contribution in [-0.2, 0) is 13.0 Å². The number of benzene rings is 2. The Morgan fingerprint density at radius 2 is 1.74 bits per heavy atom. The summed E-state index contributed by atoms with van der Waals surface area (Å²) in [6.07, 6.45) is 2.58. The minimum atomic E-state index is -0.128. The highest BCUT2D eigenvalue weighted by atomic mass is 16.1. The average Bonchev–Trinajstić information content (AvgIpc) is 3.11. The Labute approximate surface area is 135 Å². The highest BCUT2D eigenvalue weighted by Crippen LogP contribution is 2.20. The summed E-state index contributed by atoms with van der Waals surface area (Å²) in [7, 11) is 0. The molecule has 0 aliphatic rings. The molecule has 116 valence electrons. The molecule has 0 aliphatic carbocycles. The zero-order valence-electron chi connectivity index (χ0n) is 13.0. The van der Waals surface area contributed by atoms with Crippen LogP contribution < -0.4 is 5.32 Å². The van der Waals surface area contributed by atoms with Gasteiger partial charge < -0.3 is 5.32 Å². The predicted octanol–water partition coefficient (Wildman–Crippen LogP) is 3.57. The van der Waals surface area contributed by atoms with Crippen LogP contribution in [0.15, 0.2) is 60.8 Å². The molecule has 0 bridgehead atoms. The second-order valence-corrected chi connectivity index (χ2v) is 5.38. The van der Waals surface area contributed by atoms with E-state index >= 15 is 0 Å². The molecule has 1 amide bonds. The lowest BCUT2D eigenvalue weighted by atomic mass is 10.1. The Kier molecular flexibility index (Phi) is 4.52. The number of carbonyl (C=O) groups excluding carboxylic acids is 1. The number of carbonyl (C=O) groups is 1. The largest absolute Gasteiger partial charge is 0.348 e. The maximum Gasteiger partial charge on any atom is 0.255 e. The second-order valence-electron chi connectivity index (χ2n) is 5.38. The van der Waals surface area contributed by atoms with Crippen LogP contribution in [0.3, 0.4) is 0 Å². The monoisotopic (exact) mass is 305 g/mol. The van der Waals surface area contributed by atoms with E-state index in [1.54, 1.807) is 6.20 Å². The first-order valence-corrected chi connectivity index (χ1v) is 7.72. The molecule has 3 rings (SSSR count). The Balaban J connectivity index is 1.70. The number of aromatic nitrogens is 2. The van der Waals surface area contributed by atoms with Crippen molar-refractivity contribution in [3.05, 3.63) is 77.5 Å². The molecule has 4 nitrogen and oxygen atoms in total. The van der Waals surface area contributed by atoms with Crippen molar-refractivity contribution in [1.82, 2.24) is 15.5 Å². The smallest absolute Gasteiger partial charge is 0.255 e. The lowest BCUT2D eigenvalue weighted by Gasteiger charge is -2.07. The number of aryl methyl sites for hydroxylation is 1. The van der Waals surface area contributed by atoms with Crippen molar-refractivity contribution in [2.24, 2.45) is 0 Å². The van der Waals surface area contributed by atoms with E-state index in [-0.39, 0.29) is 5.91 Å². The fraction of sp³-hybridized carbons (Fsp3) is 0.158. The minimum absolute atomic E-state index is 0.128. The Bertz CT molecular complexity index is 776. The lowest BCUT2D eigenvalue weighted by Crippen LogP contribution is -2.23. The van der Waals surface area contributed by atoms with Crippen LogP contribution in [0.4, 0.5) is 0 Å². The van der Waals surface area contributed by atoms with E-state index in [1.165, 1.54) is 5.56 Å². The quantitative estimate of drug-likeness (QED) is 0.757. The van der Waals surface area contributed by atoms with Crippen LogP contribution in [0, 0.1) is 0 Å². The van der Waals surface area contributed by atoms with E-state index in [9.17, 15) is 4.79 Å². The van der Waals surface area contributed by atoms with Gasteiger partial charge in [-0.05, 0) is 17.5 Å². The number of rotatable bonds is 5. The van der Waals surface area contributed by atoms with Gasteiger partial charge in [0.1, 0.15) is 0 Å². The van der Waals surface area contributed by atoms with Crippen LogP contribution in [0.2, 0.25) is 0 Å². The van der Waals surface area contributed by atoms with E-state index in [2.05, 4.69) is 34.6 Å². The number of hydrogen-bond donors (Lipinski definition) is 2. The highest BCUT2D eigenvalue weighted by molar-refractivity contribution is 5.99. The van der Waals surface area contributed by atoms with Gasteiger partial charge in [-0.1, -0.05) is 61.5 Å². The molecule has 1 heterocycles. The van der Waals surface area contributed by atoms with Gasteiger partial charge in [0.15, 0.2) is 0 Å². The summed E-state index contributed by atoms with van der Waals surface area (Å²) < 4.78 is 0. The number of nitrogens with one attached hydrogen (secondary N) is 2. The van der Waals surface area contributed by atoms with Gasteiger partial charge in [0.25, 0.3) is 5.91 Å². The van der Waals surface area contributed by atoms with Crippen LogP contribution in [0.5, 0.6) is 0 Å². The summed E-state index contributed by atoms with van der Waals surface area (Å²) in [5, 5.41) is 9.87. The first-order chi connectivity index (χ1) is 11.3. The number of hydrogen-bond acceptors (Lipinski definition) is 2. The Hall–Kier alpha value is -2.88. The average molecular weight is 305 g/mol. The number of aromatic amines is 1. The van der Waals surface area contributed by atoms with E-state index in [0.717, 1.165) is 23.2 Å². The molecule has 1 aromatic heterocycles. The summed E-state index contributed by atoms with van der Waals surface area (Å²) in [6.45, 7) is 2.63. The molecule has 0 saturated carbocycles. The molecular formula is C19H19N3O. The summed E-state index contributed by atoms with van der Waals surface area (Å²) in [5.74, 6) is -0.128. The van der Waals surface area contributed by atoms with Gasteiger partial charge in [0, 0.05) is 12.1 Å². The van der Waals surface area contributed by atoms with Crippen LogP contribution in [0.1, 0.15) is 28.4 Å². The van der Waals surface area contributed by atoms with E-state index in [1.807, 2.05) is 42.5 Å². The summed E-state index contributed by atoms with van der Waals surface area (Å²) in [6, 6.07) is 18.0. The predicted molar refractivity (Wildman–Crippen MR) is 91.0 cm³/mol. The van der Waals surface area contributed by atoms with Crippen molar-refractivity contribution in [2.45, 2.75) is 19.9 Å². The van der Waals surface area contributed by atoms with E-state index in [4.69, 9.17) is 0 Å². The van der Waals surface area contributed by atoms with Crippen LogP contribution in [0.25, 0.3) is 11.3 Å². The Morgan fingerprint density at radius 1 is 1.04 bits per heavy atom. The van der Waals surface area contributed by atoms with Gasteiger partial charge in [-0.2, -0.15) is 5.10 Å². The van der Waals surface area contributed by atoms with Gasteiger partial charge in [-0.15, -0.1) is 0 Å². The zero-order chi connectivity index (χ0) is 16.1. The van der Waals surface area contributed by atoms with Gasteiger partial charge >= 0.3 is 0 Å². The molecule has 0 atom stereocenters. The second kappa shape index (κ2) is 6.92. The van der Waals surface area contributed by atoms with Crippen molar-refractivity contribution in [2.75, 3.05) is 0 Å². The molecule has 0 radical (unpaired) electrons. The number of nitrogens with zero attached hydrogens (tertiary/aromatic N) is 1. The highest BCUT2D eigenvalue weighted by Gasteiger charge is 2.14. The molecule has 4 heteroatoms. The fourth-order valence-electron chi connectivity index (χ4n) is 2.45. The standard InChI is InChI=1S/C19H19N3O/c1-2-14-8-10-15(11-9-14)12-20-19(23)17-13-21-22-18(17)16-6-4-3-5-7-16/h3-11,13H,2,12H2,1H3,(H,20,23)(H,21,22). The summed E-state index contributed by atoms with van der Waals surface area (Å²) >= 11 is 0. The molecule has 0 unspecified atom stereocenters. The zero-order valence-corrected chi connectivity index (χ0v) is 13.0. The summed E-state index contributed by atoms with van der Waals surface area (Å²) in [4.78, 5) is 12.4. The van der Waals surface area contributed by atoms with Crippen LogP contribution in [-0.4, -0.2) is 16.1 Å². The first-order valence-electron chi connectivity index (χ1n) is 7.72. The van der Waals surface area contributed by atoms with Gasteiger partial charge in [0.2, 0.25) is 0 Å². The third-order valence-corrected chi connectivity index (χ3v) is 3.83.